The third kappa shape index (κ3) is 12.0. The van der Waals surface area contributed by atoms with Crippen molar-refractivity contribution in [2.45, 2.75) is 161 Å². The summed E-state index contributed by atoms with van der Waals surface area (Å²) in [6.07, 6.45) is -31.7. The average molecular weight is 1420 g/mol. The molecule has 13 rings (SSSR count). The number of aliphatic hydroxyl groups is 7. The minimum Gasteiger partial charge on any atom is -0.454 e. The fourth-order valence-electron chi connectivity index (χ4n) is 14.3. The van der Waals surface area contributed by atoms with Crippen LogP contribution in [0.25, 0.3) is 0 Å². The number of benzene rings is 5. The zero-order valence-electron chi connectivity index (χ0n) is 55.2. The van der Waals surface area contributed by atoms with E-state index in [0.29, 0.717) is 14.7 Å². The van der Waals surface area contributed by atoms with E-state index < -0.39 is 216 Å². The van der Waals surface area contributed by atoms with Crippen LogP contribution >= 0.6 is 0 Å². The van der Waals surface area contributed by atoms with E-state index in [2.05, 4.69) is 0 Å². The van der Waals surface area contributed by atoms with Gasteiger partial charge in [0.05, 0.1) is 76.5 Å². The third-order valence-electron chi connectivity index (χ3n) is 20.3. The van der Waals surface area contributed by atoms with E-state index in [-0.39, 0.29) is 50.1 Å². The smallest absolute Gasteiger partial charge is 0.338 e. The summed E-state index contributed by atoms with van der Waals surface area (Å²) in [5.41, 5.74) is -0.954. The summed E-state index contributed by atoms with van der Waals surface area (Å²) < 4.78 is 64.4. The van der Waals surface area contributed by atoms with Crippen LogP contribution in [0.2, 0.25) is 18.1 Å². The largest absolute Gasteiger partial charge is 0.454 e. The number of amides is 8. The Bertz CT molecular complexity index is 3960. The highest BCUT2D eigenvalue weighted by atomic mass is 28.4. The monoisotopic (exact) mass is 1410 g/mol. The molecule has 8 amide bonds. The van der Waals surface area contributed by atoms with Gasteiger partial charge in [0.15, 0.2) is 39.6 Å². The summed E-state index contributed by atoms with van der Waals surface area (Å²) in [4.78, 5) is 134. The highest BCUT2D eigenvalue weighted by molar-refractivity contribution is 6.74. The summed E-state index contributed by atoms with van der Waals surface area (Å²) in [6, 6.07) is 22.2. The standard InChI is InChI=1S/C70H74N4O26Si/c1-70(2,3)101(5,6)100-55-44(31-78)95-69(48(56(55)96-65(90)32-18-8-7-9-19-32)74-63(88)39-26-16-17-27-40(39)64(74)89)99-54-43(30-77)94-68(47(51(54)81)73-61(86)37-24-14-15-25-38(37)62(73)87)98-53-42(29-76)93-67(46(50(53)80)72-59(84)35-22-12-13-23-36(35)60(72)85)97-52-41(28-75)92-66(91-4)45(49(52)79)71-57(82)33-20-10-11-21-34(33)58(71)83/h7-27,41-56,66-69,75-81H,28-31H2,1-6H3/t41?,42?,43?,44?,45-,46+,47-,48+,49?,50+,51?,52+,53?,54+,55?,56+,66-,67?,68+,69?/m0/s1. The van der Waals surface area contributed by atoms with Crippen molar-refractivity contribution in [3.05, 3.63) is 177 Å². The number of hydrogen-bond acceptors (Lipinski definition) is 26. The number of esters is 1. The maximum absolute atomic E-state index is 15.0. The second-order valence-electron chi connectivity index (χ2n) is 27.1. The van der Waals surface area contributed by atoms with Crippen LogP contribution in [0.5, 0.6) is 0 Å². The molecule has 30 nitrogen and oxygen atoms in total. The molecule has 10 unspecified atom stereocenters. The van der Waals surface area contributed by atoms with E-state index in [1.54, 1.807) is 18.2 Å². The van der Waals surface area contributed by atoms with E-state index in [1.165, 1.54) is 109 Å². The molecule has 5 aromatic rings. The molecular formula is C70H74N4O26Si. The van der Waals surface area contributed by atoms with Crippen LogP contribution < -0.4 is 0 Å². The molecule has 0 saturated carbocycles. The first-order valence-electron chi connectivity index (χ1n) is 32.7. The SMILES string of the molecule is CO[C@H]1OC(CO)[C@@H](OC2OC(CO)C(O[C@H]3OC(CO)[C@@H](OC4OC(CO)C(O[Si](C)(C)C(C)(C)C)[C@H](OC(=O)c5ccccc5)[C@H]4N4C(=O)c5ccccc5C4=O)C(O)[C@@H]3N3C(=O)c4ccccc4C3=O)[C@H](O)[C@H]2N2C(=O)c3ccccc3C2=O)C(O)[C@@H]1N1C(=O)c2ccccc2C1=O. The maximum atomic E-state index is 15.0. The van der Waals surface area contributed by atoms with Crippen LogP contribution in [-0.4, -0.2) is 273 Å². The van der Waals surface area contributed by atoms with Crippen molar-refractivity contribution in [1.82, 2.24) is 19.6 Å². The van der Waals surface area contributed by atoms with Gasteiger partial charge in [0.1, 0.15) is 91.3 Å². The first-order chi connectivity index (χ1) is 48.3. The second kappa shape index (κ2) is 27.8. The number of methoxy groups -OCH3 is 1. The normalized spacial score (nSPS) is 32.7. The van der Waals surface area contributed by atoms with Crippen molar-refractivity contribution in [1.29, 1.82) is 0 Å². The minimum absolute atomic E-state index is 0.00882. The number of carbonyl (C=O) groups excluding carboxylic acids is 9. The average Bonchev–Trinajstić information content (AvgIpc) is 1.66. The number of fused-ring (bicyclic) bond motifs is 4. The molecule has 4 saturated heterocycles. The lowest BCUT2D eigenvalue weighted by Gasteiger charge is -2.53. The summed E-state index contributed by atoms with van der Waals surface area (Å²) in [5.74, 6) is -8.82. The molecule has 5 aromatic carbocycles. The van der Waals surface area contributed by atoms with Crippen molar-refractivity contribution >= 4 is 61.5 Å². The number of imide groups is 4. The molecule has 0 spiro atoms. The summed E-state index contributed by atoms with van der Waals surface area (Å²) in [5, 5.41) is 83.7. The lowest BCUT2D eigenvalue weighted by atomic mass is 9.92. The zero-order chi connectivity index (χ0) is 72.0. The van der Waals surface area contributed by atoms with Gasteiger partial charge in [-0.05, 0) is 78.8 Å². The van der Waals surface area contributed by atoms with Crippen LogP contribution in [0.3, 0.4) is 0 Å². The van der Waals surface area contributed by atoms with Gasteiger partial charge in [-0.15, -0.1) is 0 Å². The van der Waals surface area contributed by atoms with Crippen molar-refractivity contribution in [3.63, 3.8) is 0 Å². The Labute approximate surface area is 577 Å². The minimum atomic E-state index is -3.09. The van der Waals surface area contributed by atoms with E-state index >= 15 is 0 Å². The van der Waals surface area contributed by atoms with Gasteiger partial charge in [-0.3, -0.25) is 58.0 Å². The fraction of sp³-hybridized carbons (Fsp3) is 0.443. The lowest BCUT2D eigenvalue weighted by molar-refractivity contribution is -0.369. The Morgan fingerprint density at radius 2 is 0.653 bits per heavy atom. The van der Waals surface area contributed by atoms with Crippen molar-refractivity contribution < 1.29 is 126 Å². The lowest BCUT2D eigenvalue weighted by Crippen LogP contribution is -2.73. The van der Waals surface area contributed by atoms with E-state index in [4.69, 9.17) is 47.1 Å². The zero-order valence-corrected chi connectivity index (χ0v) is 56.2. The first kappa shape index (κ1) is 71.1. The molecule has 8 aliphatic rings. The highest BCUT2D eigenvalue weighted by Crippen LogP contribution is 2.46. The van der Waals surface area contributed by atoms with Crippen molar-refractivity contribution in [3.8, 4) is 0 Å². The Hall–Kier alpha value is -8.29. The molecule has 0 radical (unpaired) electrons. The molecule has 101 heavy (non-hydrogen) atoms. The van der Waals surface area contributed by atoms with Gasteiger partial charge in [0, 0.05) is 7.11 Å². The molecule has 7 N–H and O–H groups in total. The Morgan fingerprint density at radius 1 is 0.396 bits per heavy atom. The molecule has 0 bridgehead atoms. The van der Waals surface area contributed by atoms with Gasteiger partial charge in [-0.1, -0.05) is 87.5 Å². The van der Waals surface area contributed by atoms with Crippen molar-refractivity contribution in [2.24, 2.45) is 0 Å². The number of ether oxygens (including phenoxy) is 9. The molecule has 0 aromatic heterocycles. The van der Waals surface area contributed by atoms with Crippen LogP contribution in [-0.2, 0) is 47.1 Å². The fourth-order valence-corrected chi connectivity index (χ4v) is 15.6. The van der Waals surface area contributed by atoms with Gasteiger partial charge >= 0.3 is 5.97 Å². The molecule has 534 valence electrons. The van der Waals surface area contributed by atoms with Gasteiger partial charge < -0.3 is 82.8 Å². The quantitative estimate of drug-likeness (QED) is 0.0345. The molecule has 0 aliphatic carbocycles. The van der Waals surface area contributed by atoms with Gasteiger partial charge in [-0.25, -0.2) is 4.79 Å². The summed E-state index contributed by atoms with van der Waals surface area (Å²) in [6.45, 7) is 5.23. The molecule has 4 fully saturated rings. The molecule has 31 heteroatoms. The van der Waals surface area contributed by atoms with Crippen LogP contribution in [0.15, 0.2) is 127 Å². The van der Waals surface area contributed by atoms with E-state index in [9.17, 15) is 78.9 Å². The predicted octanol–water partition coefficient (Wildman–Crippen LogP) is 1.02. The van der Waals surface area contributed by atoms with E-state index in [0.717, 1.165) is 12.0 Å². The van der Waals surface area contributed by atoms with E-state index in [1.807, 2.05) is 33.9 Å². The maximum Gasteiger partial charge on any atom is 0.338 e. The Balaban J connectivity index is 0.885. The van der Waals surface area contributed by atoms with Crippen LogP contribution in [0, 0.1) is 0 Å². The molecular weight excluding hydrogens is 1340 g/mol. The topological polar surface area (TPSA) is 400 Å². The first-order valence-corrected chi connectivity index (χ1v) is 35.6. The summed E-state index contributed by atoms with van der Waals surface area (Å²) in [7, 11) is -1.94. The van der Waals surface area contributed by atoms with Gasteiger partial charge in [0.2, 0.25) is 0 Å². The highest BCUT2D eigenvalue weighted by Gasteiger charge is 2.64. The number of carbonyl (C=O) groups is 9. The number of rotatable bonds is 19. The summed E-state index contributed by atoms with van der Waals surface area (Å²) >= 11 is 0. The Kier molecular flexibility index (Phi) is 19.6. The number of aliphatic hydroxyl groups excluding tert-OH is 7. The van der Waals surface area contributed by atoms with Gasteiger partial charge in [-0.2, -0.15) is 0 Å². The Morgan fingerprint density at radius 3 is 0.941 bits per heavy atom. The number of nitrogens with zero attached hydrogens (tertiary/aromatic N) is 4. The second-order valence-corrected chi connectivity index (χ2v) is 31.8. The van der Waals surface area contributed by atoms with Crippen LogP contribution in [0.4, 0.5) is 0 Å². The van der Waals surface area contributed by atoms with Crippen molar-refractivity contribution in [2.75, 3.05) is 33.5 Å². The number of hydrogen-bond donors (Lipinski definition) is 7. The van der Waals surface area contributed by atoms with Crippen LogP contribution in [0.1, 0.15) is 114 Å². The molecule has 8 aliphatic heterocycles. The van der Waals surface area contributed by atoms with Gasteiger partial charge in [0.25, 0.3) is 47.3 Å². The molecule has 8 heterocycles. The predicted molar refractivity (Wildman–Crippen MR) is 343 cm³/mol. The third-order valence-corrected chi connectivity index (χ3v) is 24.8. The molecule has 20 atom stereocenters.